The molecule has 0 spiro atoms. The maximum absolute atomic E-state index is 12.2. The largest absolute Gasteiger partial charge is 0.394 e. The molecule has 1 amide bonds. The number of carbonyl (C=O) groups is 1. The topological polar surface area (TPSA) is 111 Å². The number of carbonyl (C=O) groups excluding carboxylic acids is 1. The molecule has 0 saturated carbocycles. The Kier molecular flexibility index (Phi) is 4.49. The smallest absolute Gasteiger partial charge is 0.280 e. The van der Waals surface area contributed by atoms with E-state index in [0.717, 1.165) is 18.7 Å². The molecule has 134 valence electrons. The van der Waals surface area contributed by atoms with Crippen LogP contribution in [0.2, 0.25) is 0 Å². The van der Waals surface area contributed by atoms with Crippen molar-refractivity contribution in [2.75, 3.05) is 24.6 Å². The maximum atomic E-state index is 12.2. The van der Waals surface area contributed by atoms with E-state index in [2.05, 4.69) is 31.2 Å². The molecule has 3 heterocycles. The monoisotopic (exact) mass is 371 g/mol. The van der Waals surface area contributed by atoms with Gasteiger partial charge in [-0.2, -0.15) is 0 Å². The number of aliphatic hydroxyl groups excluding tert-OH is 2. The van der Waals surface area contributed by atoms with E-state index >= 15 is 0 Å². The first-order valence-corrected chi connectivity index (χ1v) is 9.03. The average molecular weight is 371 g/mol. The summed E-state index contributed by atoms with van der Waals surface area (Å²) in [7, 11) is 0. The van der Waals surface area contributed by atoms with Crippen LogP contribution in [0.1, 0.15) is 15.4 Å². The Morgan fingerprint density at radius 1 is 1.35 bits per heavy atom. The number of hydrogen-bond donors (Lipinski definition) is 3. The molecule has 26 heavy (non-hydrogen) atoms. The van der Waals surface area contributed by atoms with E-state index in [9.17, 15) is 9.90 Å². The summed E-state index contributed by atoms with van der Waals surface area (Å²) in [4.78, 5) is 28.0. The van der Waals surface area contributed by atoms with Gasteiger partial charge < -0.3 is 20.4 Å². The number of anilines is 2. The summed E-state index contributed by atoms with van der Waals surface area (Å²) in [5.74, 6) is 0.277. The summed E-state index contributed by atoms with van der Waals surface area (Å²) in [5.41, 5.74) is 2.94. The van der Waals surface area contributed by atoms with Crippen LogP contribution >= 0.6 is 11.3 Å². The van der Waals surface area contributed by atoms with Crippen molar-refractivity contribution >= 4 is 39.1 Å². The van der Waals surface area contributed by atoms with E-state index in [1.807, 2.05) is 18.2 Å². The van der Waals surface area contributed by atoms with Crippen LogP contribution < -0.4 is 10.2 Å². The minimum atomic E-state index is -0.996. The molecule has 3 aromatic rings. The Bertz CT molecular complexity index is 960. The first kappa shape index (κ1) is 16.8. The lowest BCUT2D eigenvalue weighted by Gasteiger charge is -2.18. The lowest BCUT2D eigenvalue weighted by molar-refractivity contribution is 0.0802. The molecule has 0 fully saturated rings. The molecule has 0 aliphatic carbocycles. The summed E-state index contributed by atoms with van der Waals surface area (Å²) in [6.45, 7) is 0.348. The number of amides is 1. The minimum Gasteiger partial charge on any atom is -0.394 e. The molecular formula is C17H17N5O3S. The van der Waals surface area contributed by atoms with Crippen molar-refractivity contribution < 1.29 is 15.0 Å². The van der Waals surface area contributed by atoms with Gasteiger partial charge in [0.25, 0.3) is 5.91 Å². The molecule has 1 aliphatic rings. The number of para-hydroxylation sites is 1. The quantitative estimate of drug-likeness (QED) is 0.610. The summed E-state index contributed by atoms with van der Waals surface area (Å²) < 4.78 is 0. The Morgan fingerprint density at radius 2 is 2.19 bits per heavy atom. The zero-order chi connectivity index (χ0) is 18.1. The predicted octanol–water partition coefficient (Wildman–Crippen LogP) is 0.863. The highest BCUT2D eigenvalue weighted by atomic mass is 32.1. The lowest BCUT2D eigenvalue weighted by Crippen LogP contribution is -2.33. The van der Waals surface area contributed by atoms with Gasteiger partial charge in [-0.05, 0) is 18.1 Å². The number of hydrogen-bond acceptors (Lipinski definition) is 8. The van der Waals surface area contributed by atoms with Gasteiger partial charge in [-0.15, -0.1) is 0 Å². The predicted molar refractivity (Wildman–Crippen MR) is 97.8 cm³/mol. The normalized spacial score (nSPS) is 14.5. The standard InChI is InChI=1S/C17H17N5O3S/c23-8-11(24)7-18-15(25)17-21-13-14(19-9-20-16(13)26-17)22-6-5-10-3-1-2-4-12(10)22/h1-4,9,11,23-24H,5-8H2,(H,18,25). The van der Waals surface area contributed by atoms with E-state index in [1.165, 1.54) is 23.2 Å². The van der Waals surface area contributed by atoms with Gasteiger partial charge in [-0.25, -0.2) is 15.0 Å². The van der Waals surface area contributed by atoms with Crippen molar-refractivity contribution in [1.29, 1.82) is 0 Å². The third-order valence-electron chi connectivity index (χ3n) is 4.22. The van der Waals surface area contributed by atoms with Crippen LogP contribution in [0.4, 0.5) is 11.5 Å². The number of aromatic nitrogens is 3. The molecule has 1 unspecified atom stereocenters. The van der Waals surface area contributed by atoms with Gasteiger partial charge >= 0.3 is 0 Å². The third-order valence-corrected chi connectivity index (χ3v) is 5.18. The number of nitrogens with zero attached hydrogens (tertiary/aromatic N) is 4. The van der Waals surface area contributed by atoms with Crippen LogP contribution in [0.5, 0.6) is 0 Å². The van der Waals surface area contributed by atoms with Crippen LogP contribution in [0, 0.1) is 0 Å². The summed E-state index contributed by atoms with van der Waals surface area (Å²) in [6.07, 6.45) is 1.41. The maximum Gasteiger partial charge on any atom is 0.280 e. The van der Waals surface area contributed by atoms with Gasteiger partial charge in [0.2, 0.25) is 0 Å². The summed E-state index contributed by atoms with van der Waals surface area (Å²) in [5, 5.41) is 21.0. The van der Waals surface area contributed by atoms with E-state index in [4.69, 9.17) is 5.11 Å². The van der Waals surface area contributed by atoms with Crippen LogP contribution in [0.25, 0.3) is 10.3 Å². The van der Waals surface area contributed by atoms with Crippen molar-refractivity contribution in [2.45, 2.75) is 12.5 Å². The summed E-state index contributed by atoms with van der Waals surface area (Å²) in [6, 6.07) is 8.15. The first-order valence-electron chi connectivity index (χ1n) is 8.21. The number of nitrogens with one attached hydrogen (secondary N) is 1. The second-order valence-electron chi connectivity index (χ2n) is 5.95. The van der Waals surface area contributed by atoms with E-state index in [1.54, 1.807) is 0 Å². The van der Waals surface area contributed by atoms with Crippen LogP contribution in [-0.2, 0) is 6.42 Å². The highest BCUT2D eigenvalue weighted by Crippen LogP contribution is 2.36. The molecule has 8 nitrogen and oxygen atoms in total. The number of benzene rings is 1. The molecule has 0 bridgehead atoms. The van der Waals surface area contributed by atoms with E-state index < -0.39 is 18.6 Å². The highest BCUT2D eigenvalue weighted by molar-refractivity contribution is 7.19. The average Bonchev–Trinajstić information content (AvgIpc) is 3.29. The fourth-order valence-corrected chi connectivity index (χ4v) is 3.76. The van der Waals surface area contributed by atoms with Crippen molar-refractivity contribution in [3.63, 3.8) is 0 Å². The molecule has 4 rings (SSSR count). The number of thiazole rings is 1. The zero-order valence-electron chi connectivity index (χ0n) is 13.8. The van der Waals surface area contributed by atoms with E-state index in [0.29, 0.717) is 16.2 Å². The Hall–Kier alpha value is -2.62. The van der Waals surface area contributed by atoms with Crippen LogP contribution in [0.15, 0.2) is 30.6 Å². The SMILES string of the molecule is O=C(NCC(O)CO)c1nc2c(N3CCc4ccccc43)ncnc2s1. The fourth-order valence-electron chi connectivity index (χ4n) is 2.95. The van der Waals surface area contributed by atoms with Crippen molar-refractivity contribution in [2.24, 2.45) is 0 Å². The summed E-state index contributed by atoms with van der Waals surface area (Å²) >= 11 is 1.17. The second kappa shape index (κ2) is 6.94. The van der Waals surface area contributed by atoms with Gasteiger partial charge in [-0.3, -0.25) is 4.79 Å². The Labute approximate surface area is 153 Å². The molecule has 0 radical (unpaired) electrons. The Balaban J connectivity index is 1.66. The zero-order valence-corrected chi connectivity index (χ0v) is 14.6. The molecule has 2 aromatic heterocycles. The molecular weight excluding hydrogens is 354 g/mol. The minimum absolute atomic E-state index is 0.0384. The van der Waals surface area contributed by atoms with Crippen LogP contribution in [0.3, 0.4) is 0 Å². The number of aliphatic hydroxyl groups is 2. The van der Waals surface area contributed by atoms with Gasteiger partial charge in [0, 0.05) is 18.8 Å². The van der Waals surface area contributed by atoms with Crippen molar-refractivity contribution in [1.82, 2.24) is 20.3 Å². The van der Waals surface area contributed by atoms with E-state index in [-0.39, 0.29) is 11.6 Å². The number of rotatable bonds is 5. The third kappa shape index (κ3) is 3.00. The molecule has 1 aliphatic heterocycles. The molecule has 1 atom stereocenters. The Morgan fingerprint density at radius 3 is 3.04 bits per heavy atom. The first-order chi connectivity index (χ1) is 12.7. The fraction of sp³-hybridized carbons (Fsp3) is 0.294. The lowest BCUT2D eigenvalue weighted by atomic mass is 10.2. The number of fused-ring (bicyclic) bond motifs is 2. The second-order valence-corrected chi connectivity index (χ2v) is 6.92. The molecule has 1 aromatic carbocycles. The van der Waals surface area contributed by atoms with Gasteiger partial charge in [0.15, 0.2) is 10.8 Å². The molecule has 0 saturated heterocycles. The molecule has 9 heteroatoms. The van der Waals surface area contributed by atoms with Crippen molar-refractivity contribution in [3.05, 3.63) is 41.2 Å². The van der Waals surface area contributed by atoms with Crippen molar-refractivity contribution in [3.8, 4) is 0 Å². The highest BCUT2D eigenvalue weighted by Gasteiger charge is 2.25. The molecule has 3 N–H and O–H groups in total. The van der Waals surface area contributed by atoms with Gasteiger partial charge in [0.1, 0.15) is 16.7 Å². The van der Waals surface area contributed by atoms with Crippen LogP contribution in [-0.4, -0.2) is 56.9 Å². The van der Waals surface area contributed by atoms with Gasteiger partial charge in [-0.1, -0.05) is 29.5 Å². The van der Waals surface area contributed by atoms with Gasteiger partial charge in [0.05, 0.1) is 12.7 Å².